The molecule has 6 heteroatoms. The first kappa shape index (κ1) is 21.9. The fourth-order valence-corrected chi connectivity index (χ4v) is 4.40. The van der Waals surface area contributed by atoms with E-state index >= 15 is 0 Å². The van der Waals surface area contributed by atoms with Crippen LogP contribution in [0.3, 0.4) is 0 Å². The molecule has 1 fully saturated rings. The quantitative estimate of drug-likeness (QED) is 0.432. The summed E-state index contributed by atoms with van der Waals surface area (Å²) in [6, 6.07) is 19.7. The van der Waals surface area contributed by atoms with Crippen molar-refractivity contribution in [3.8, 4) is 22.7 Å². The van der Waals surface area contributed by atoms with Gasteiger partial charge in [-0.15, -0.1) is 0 Å². The van der Waals surface area contributed by atoms with E-state index in [0.29, 0.717) is 30.0 Å². The van der Waals surface area contributed by atoms with Gasteiger partial charge in [-0.1, -0.05) is 36.9 Å². The van der Waals surface area contributed by atoms with E-state index in [1.165, 1.54) is 4.68 Å². The minimum absolute atomic E-state index is 0.145. The molecule has 3 aromatic carbocycles. The van der Waals surface area contributed by atoms with Crippen molar-refractivity contribution in [2.24, 2.45) is 0 Å². The normalized spacial score (nSPS) is 13.8. The Kier molecular flexibility index (Phi) is 5.90. The lowest BCUT2D eigenvalue weighted by atomic mass is 10.0. The van der Waals surface area contributed by atoms with Gasteiger partial charge in [0.2, 0.25) is 0 Å². The van der Waals surface area contributed by atoms with Gasteiger partial charge in [0.25, 0.3) is 5.56 Å². The Morgan fingerprint density at radius 3 is 2.53 bits per heavy atom. The van der Waals surface area contributed by atoms with Crippen LogP contribution >= 0.6 is 0 Å². The van der Waals surface area contributed by atoms with Crippen molar-refractivity contribution >= 4 is 22.5 Å². The molecule has 0 unspecified atom stereocenters. The van der Waals surface area contributed by atoms with Crippen LogP contribution < -0.4 is 15.2 Å². The number of anilines is 1. The van der Waals surface area contributed by atoms with Crippen molar-refractivity contribution in [1.29, 1.82) is 0 Å². The first-order chi connectivity index (χ1) is 16.6. The summed E-state index contributed by atoms with van der Waals surface area (Å²) in [5, 5.41) is 6.33. The molecule has 0 aliphatic carbocycles. The second kappa shape index (κ2) is 9.15. The molecule has 4 aromatic rings. The maximum atomic E-state index is 13.6. The summed E-state index contributed by atoms with van der Waals surface area (Å²) in [6.07, 6.45) is 1.78. The highest BCUT2D eigenvalue weighted by Crippen LogP contribution is 2.31. The molecule has 0 atom stereocenters. The molecule has 0 spiro atoms. The molecule has 172 valence electrons. The van der Waals surface area contributed by atoms with Crippen LogP contribution in [0.4, 0.5) is 5.69 Å². The van der Waals surface area contributed by atoms with E-state index in [0.717, 1.165) is 46.5 Å². The van der Waals surface area contributed by atoms with Crippen LogP contribution in [-0.2, 0) is 4.74 Å². The molecule has 2 heterocycles. The maximum absolute atomic E-state index is 13.6. The topological polar surface area (TPSA) is 56.6 Å². The number of nitrogens with zero attached hydrogens (tertiary/aromatic N) is 3. The number of methoxy groups -OCH3 is 1. The van der Waals surface area contributed by atoms with Gasteiger partial charge < -0.3 is 14.4 Å². The first-order valence-electron chi connectivity index (χ1n) is 11.4. The Hall–Kier alpha value is -3.90. The lowest BCUT2D eigenvalue weighted by Crippen LogP contribution is -2.36. The zero-order valence-electron chi connectivity index (χ0n) is 19.5. The highest BCUT2D eigenvalue weighted by atomic mass is 16.5. The average Bonchev–Trinajstić information content (AvgIpc) is 2.89. The third kappa shape index (κ3) is 3.97. The van der Waals surface area contributed by atoms with Crippen molar-refractivity contribution < 1.29 is 9.47 Å². The predicted molar refractivity (Wildman–Crippen MR) is 137 cm³/mol. The Morgan fingerprint density at radius 1 is 1.03 bits per heavy atom. The smallest absolute Gasteiger partial charge is 0.279 e. The van der Waals surface area contributed by atoms with Crippen LogP contribution in [-0.4, -0.2) is 43.2 Å². The van der Waals surface area contributed by atoms with E-state index in [-0.39, 0.29) is 5.56 Å². The molecule has 0 amide bonds. The molecule has 1 saturated heterocycles. The van der Waals surface area contributed by atoms with Crippen LogP contribution in [0.25, 0.3) is 33.8 Å². The Bertz CT molecular complexity index is 1440. The van der Waals surface area contributed by atoms with Crippen LogP contribution in [0.2, 0.25) is 0 Å². The second-order valence-corrected chi connectivity index (χ2v) is 8.38. The summed E-state index contributed by atoms with van der Waals surface area (Å²) in [5.41, 5.74) is 5.16. The minimum atomic E-state index is -0.145. The largest absolute Gasteiger partial charge is 0.497 e. The van der Waals surface area contributed by atoms with E-state index in [4.69, 9.17) is 14.6 Å². The molecule has 5 rings (SSSR count). The third-order valence-electron chi connectivity index (χ3n) is 6.28. The maximum Gasteiger partial charge on any atom is 0.279 e. The third-order valence-corrected chi connectivity index (χ3v) is 6.28. The SMILES string of the molecule is C=Cc1cc(OC)cc(-c2nn(-c3cc(N4CCOCC4)ccc3C)c(=O)c3ccccc23)c1. The predicted octanol–water partition coefficient (Wildman–Crippen LogP) is 4.85. The molecule has 6 nitrogen and oxygen atoms in total. The number of benzene rings is 3. The summed E-state index contributed by atoms with van der Waals surface area (Å²) < 4.78 is 12.5. The van der Waals surface area contributed by atoms with E-state index in [1.807, 2.05) is 61.5 Å². The van der Waals surface area contributed by atoms with Gasteiger partial charge >= 0.3 is 0 Å². The zero-order valence-corrected chi connectivity index (χ0v) is 19.5. The Balaban J connectivity index is 1.75. The first-order valence-corrected chi connectivity index (χ1v) is 11.4. The van der Waals surface area contributed by atoms with E-state index in [9.17, 15) is 4.79 Å². The van der Waals surface area contributed by atoms with Gasteiger partial charge in [0.05, 0.1) is 37.1 Å². The number of rotatable bonds is 5. The monoisotopic (exact) mass is 453 g/mol. The lowest BCUT2D eigenvalue weighted by Gasteiger charge is -2.29. The fourth-order valence-electron chi connectivity index (χ4n) is 4.40. The highest BCUT2D eigenvalue weighted by Gasteiger charge is 2.18. The van der Waals surface area contributed by atoms with E-state index < -0.39 is 0 Å². The highest BCUT2D eigenvalue weighted by molar-refractivity contribution is 5.94. The van der Waals surface area contributed by atoms with E-state index in [2.05, 4.69) is 17.5 Å². The summed E-state index contributed by atoms with van der Waals surface area (Å²) in [4.78, 5) is 15.9. The zero-order chi connectivity index (χ0) is 23.7. The van der Waals surface area contributed by atoms with Gasteiger partial charge in [-0.2, -0.15) is 9.78 Å². The molecule has 0 bridgehead atoms. The van der Waals surface area contributed by atoms with Crippen molar-refractivity contribution in [3.63, 3.8) is 0 Å². The molecular weight excluding hydrogens is 426 g/mol. The number of aryl methyl sites for hydroxylation is 1. The van der Waals surface area contributed by atoms with Crippen LogP contribution in [0.15, 0.2) is 72.0 Å². The van der Waals surface area contributed by atoms with Crippen molar-refractivity contribution in [3.05, 3.63) is 88.7 Å². The number of hydrogen-bond acceptors (Lipinski definition) is 5. The fraction of sp³-hybridized carbons (Fsp3) is 0.214. The molecular formula is C28H27N3O3. The number of aromatic nitrogens is 2. The van der Waals surface area contributed by atoms with Gasteiger partial charge in [0.1, 0.15) is 5.75 Å². The number of ether oxygens (including phenoxy) is 2. The average molecular weight is 454 g/mol. The summed E-state index contributed by atoms with van der Waals surface area (Å²) in [6.45, 7) is 8.94. The van der Waals surface area contributed by atoms with Crippen LogP contribution in [0, 0.1) is 6.92 Å². The molecule has 1 aliphatic heterocycles. The van der Waals surface area contributed by atoms with Gasteiger partial charge in [0, 0.05) is 29.7 Å². The van der Waals surface area contributed by atoms with Crippen molar-refractivity contribution in [1.82, 2.24) is 9.78 Å². The van der Waals surface area contributed by atoms with Crippen molar-refractivity contribution in [2.75, 3.05) is 38.3 Å². The Labute approximate surface area is 198 Å². The molecule has 0 radical (unpaired) electrons. The van der Waals surface area contributed by atoms with Gasteiger partial charge in [-0.05, 0) is 54.4 Å². The Morgan fingerprint density at radius 2 is 1.79 bits per heavy atom. The van der Waals surface area contributed by atoms with Gasteiger partial charge in [-0.3, -0.25) is 4.79 Å². The number of hydrogen-bond donors (Lipinski definition) is 0. The molecule has 0 saturated carbocycles. The summed E-state index contributed by atoms with van der Waals surface area (Å²) in [5.74, 6) is 0.710. The van der Waals surface area contributed by atoms with E-state index in [1.54, 1.807) is 13.2 Å². The van der Waals surface area contributed by atoms with Gasteiger partial charge in [-0.25, -0.2) is 0 Å². The second-order valence-electron chi connectivity index (χ2n) is 8.38. The summed E-state index contributed by atoms with van der Waals surface area (Å²) >= 11 is 0. The summed E-state index contributed by atoms with van der Waals surface area (Å²) in [7, 11) is 1.64. The molecule has 34 heavy (non-hydrogen) atoms. The number of morpholine rings is 1. The minimum Gasteiger partial charge on any atom is -0.497 e. The number of fused-ring (bicyclic) bond motifs is 1. The van der Waals surface area contributed by atoms with Gasteiger partial charge in [0.15, 0.2) is 0 Å². The molecule has 1 aromatic heterocycles. The lowest BCUT2D eigenvalue weighted by molar-refractivity contribution is 0.122. The van der Waals surface area contributed by atoms with Crippen LogP contribution in [0.1, 0.15) is 11.1 Å². The standard InChI is InChI=1S/C28H27N3O3/c1-4-20-15-21(17-23(16-20)33-3)27-24-7-5-6-8-25(24)28(32)31(29-27)26-18-22(10-9-19(26)2)30-11-13-34-14-12-30/h4-10,15-18H,1,11-14H2,2-3H3. The van der Waals surface area contributed by atoms with Crippen molar-refractivity contribution in [2.45, 2.75) is 6.92 Å². The van der Waals surface area contributed by atoms with Crippen LogP contribution in [0.5, 0.6) is 5.75 Å². The molecule has 1 aliphatic rings. The molecule has 0 N–H and O–H groups in total.